The van der Waals surface area contributed by atoms with E-state index in [0.717, 1.165) is 0 Å². The van der Waals surface area contributed by atoms with Gasteiger partial charge in [-0.1, -0.05) is 0 Å². The Balaban J connectivity index is 2.93. The molecule has 0 aromatic carbocycles. The number of hydrogen-bond donors (Lipinski definition) is 0. The van der Waals surface area contributed by atoms with E-state index in [1.165, 1.54) is 0 Å². The van der Waals surface area contributed by atoms with Gasteiger partial charge in [0.05, 0.1) is 12.3 Å². The van der Waals surface area contributed by atoms with Crippen molar-refractivity contribution in [2.24, 2.45) is 7.05 Å². The molecule has 0 bridgehead atoms. The van der Waals surface area contributed by atoms with Crippen LogP contribution in [0.3, 0.4) is 0 Å². The standard InChI is InChI=1S/C11H16N4O2/c1-5-17-10(16)7-14(3)11-9(6-12)8(2)13-15(11)4/h5,7H2,1-4H3. The molecule has 0 fully saturated rings. The van der Waals surface area contributed by atoms with Crippen molar-refractivity contribution in [2.75, 3.05) is 25.1 Å². The van der Waals surface area contributed by atoms with Gasteiger partial charge in [0.25, 0.3) is 0 Å². The van der Waals surface area contributed by atoms with Gasteiger partial charge in [0.1, 0.15) is 24.0 Å². The van der Waals surface area contributed by atoms with E-state index in [-0.39, 0.29) is 12.5 Å². The van der Waals surface area contributed by atoms with Crippen LogP contribution >= 0.6 is 0 Å². The molecule has 0 amide bonds. The highest BCUT2D eigenvalue weighted by molar-refractivity contribution is 5.76. The van der Waals surface area contributed by atoms with Crippen LogP contribution in [0.4, 0.5) is 5.82 Å². The van der Waals surface area contributed by atoms with Crippen molar-refractivity contribution >= 4 is 11.8 Å². The second kappa shape index (κ2) is 5.34. The molecule has 92 valence electrons. The lowest BCUT2D eigenvalue weighted by Crippen LogP contribution is -2.29. The molecule has 0 aliphatic rings. The zero-order valence-electron chi connectivity index (χ0n) is 10.5. The molecular weight excluding hydrogens is 220 g/mol. The number of ether oxygens (including phenoxy) is 1. The van der Waals surface area contributed by atoms with Crippen LogP contribution in [0, 0.1) is 18.3 Å². The molecule has 0 radical (unpaired) electrons. The monoisotopic (exact) mass is 236 g/mol. The van der Waals surface area contributed by atoms with E-state index in [9.17, 15) is 4.79 Å². The molecule has 1 aromatic heterocycles. The van der Waals surface area contributed by atoms with Gasteiger partial charge in [-0.2, -0.15) is 10.4 Å². The molecule has 0 saturated heterocycles. The van der Waals surface area contributed by atoms with Gasteiger partial charge < -0.3 is 9.64 Å². The Hall–Kier alpha value is -2.03. The largest absolute Gasteiger partial charge is 0.465 e. The van der Waals surface area contributed by atoms with Crippen molar-refractivity contribution in [1.29, 1.82) is 5.26 Å². The van der Waals surface area contributed by atoms with Crippen molar-refractivity contribution in [3.63, 3.8) is 0 Å². The number of anilines is 1. The summed E-state index contributed by atoms with van der Waals surface area (Å²) in [6, 6.07) is 2.09. The maximum atomic E-state index is 11.4. The zero-order valence-corrected chi connectivity index (χ0v) is 10.5. The number of nitriles is 1. The zero-order chi connectivity index (χ0) is 13.0. The highest BCUT2D eigenvalue weighted by Crippen LogP contribution is 2.20. The van der Waals surface area contributed by atoms with Gasteiger partial charge in [-0.3, -0.25) is 9.48 Å². The Kier molecular flexibility index (Phi) is 4.10. The highest BCUT2D eigenvalue weighted by Gasteiger charge is 2.18. The predicted molar refractivity (Wildman–Crippen MR) is 62.6 cm³/mol. The first-order valence-electron chi connectivity index (χ1n) is 5.31. The molecule has 6 heteroatoms. The average molecular weight is 236 g/mol. The Morgan fingerprint density at radius 3 is 2.82 bits per heavy atom. The van der Waals surface area contributed by atoms with E-state index in [0.29, 0.717) is 23.7 Å². The molecule has 1 heterocycles. The third-order valence-electron chi connectivity index (χ3n) is 2.34. The van der Waals surface area contributed by atoms with Crippen LogP contribution in [-0.4, -0.2) is 35.9 Å². The maximum absolute atomic E-state index is 11.4. The summed E-state index contributed by atoms with van der Waals surface area (Å²) >= 11 is 0. The van der Waals surface area contributed by atoms with Gasteiger partial charge in [-0.05, 0) is 13.8 Å². The van der Waals surface area contributed by atoms with E-state index in [4.69, 9.17) is 10.00 Å². The SMILES string of the molecule is CCOC(=O)CN(C)c1c(C#N)c(C)nn1C. The van der Waals surface area contributed by atoms with E-state index >= 15 is 0 Å². The number of esters is 1. The molecule has 0 aliphatic carbocycles. The first kappa shape index (κ1) is 13.0. The molecule has 6 nitrogen and oxygen atoms in total. The number of aryl methyl sites for hydroxylation is 2. The normalized spacial score (nSPS) is 9.82. The Bertz CT molecular complexity index is 459. The lowest BCUT2D eigenvalue weighted by atomic mass is 10.2. The summed E-state index contributed by atoms with van der Waals surface area (Å²) in [5, 5.41) is 13.2. The molecule has 1 aromatic rings. The van der Waals surface area contributed by atoms with Crippen LogP contribution in [0.2, 0.25) is 0 Å². The fraction of sp³-hybridized carbons (Fsp3) is 0.545. The fourth-order valence-electron chi connectivity index (χ4n) is 1.69. The minimum absolute atomic E-state index is 0.0987. The minimum Gasteiger partial charge on any atom is -0.465 e. The fourth-order valence-corrected chi connectivity index (χ4v) is 1.69. The second-order valence-electron chi connectivity index (χ2n) is 3.68. The summed E-state index contributed by atoms with van der Waals surface area (Å²) in [5.74, 6) is 0.302. The van der Waals surface area contributed by atoms with E-state index in [1.807, 2.05) is 0 Å². The van der Waals surface area contributed by atoms with Crippen molar-refractivity contribution in [2.45, 2.75) is 13.8 Å². The van der Waals surface area contributed by atoms with Crippen LogP contribution < -0.4 is 4.90 Å². The van der Waals surface area contributed by atoms with Gasteiger partial charge >= 0.3 is 5.97 Å². The third kappa shape index (κ3) is 2.75. The summed E-state index contributed by atoms with van der Waals surface area (Å²) in [4.78, 5) is 13.0. The Labute approximate surface area is 100 Å². The maximum Gasteiger partial charge on any atom is 0.325 e. The summed E-state index contributed by atoms with van der Waals surface area (Å²) in [7, 11) is 3.47. The van der Waals surface area contributed by atoms with Crippen LogP contribution in [0.15, 0.2) is 0 Å². The topological polar surface area (TPSA) is 71.2 Å². The number of aromatic nitrogens is 2. The van der Waals surface area contributed by atoms with Gasteiger partial charge in [0, 0.05) is 14.1 Å². The average Bonchev–Trinajstić information content (AvgIpc) is 2.52. The molecule has 0 spiro atoms. The predicted octanol–water partition coefficient (Wildman–Crippen LogP) is 0.599. The quantitative estimate of drug-likeness (QED) is 0.716. The molecule has 0 N–H and O–H groups in total. The third-order valence-corrected chi connectivity index (χ3v) is 2.34. The van der Waals surface area contributed by atoms with Crippen molar-refractivity contribution < 1.29 is 9.53 Å². The van der Waals surface area contributed by atoms with Crippen LogP contribution in [0.1, 0.15) is 18.2 Å². The van der Waals surface area contributed by atoms with Crippen LogP contribution in [0.5, 0.6) is 0 Å². The van der Waals surface area contributed by atoms with E-state index in [2.05, 4.69) is 11.2 Å². The smallest absolute Gasteiger partial charge is 0.325 e. The summed E-state index contributed by atoms with van der Waals surface area (Å²) < 4.78 is 6.45. The molecule has 0 saturated carbocycles. The number of likely N-dealkylation sites (N-methyl/N-ethyl adjacent to an activating group) is 1. The number of carbonyl (C=O) groups excluding carboxylic acids is 1. The Morgan fingerprint density at radius 2 is 2.29 bits per heavy atom. The van der Waals surface area contributed by atoms with Crippen molar-refractivity contribution in [3.05, 3.63) is 11.3 Å². The number of hydrogen-bond acceptors (Lipinski definition) is 5. The second-order valence-corrected chi connectivity index (χ2v) is 3.68. The number of carbonyl (C=O) groups is 1. The lowest BCUT2D eigenvalue weighted by molar-refractivity contribution is -0.141. The first-order valence-corrected chi connectivity index (χ1v) is 5.31. The van der Waals surface area contributed by atoms with E-state index < -0.39 is 0 Å². The van der Waals surface area contributed by atoms with Crippen LogP contribution in [-0.2, 0) is 16.6 Å². The summed E-state index contributed by atoms with van der Waals surface area (Å²) in [6.07, 6.45) is 0. The highest BCUT2D eigenvalue weighted by atomic mass is 16.5. The molecule has 0 aliphatic heterocycles. The van der Waals surface area contributed by atoms with Crippen molar-refractivity contribution in [3.8, 4) is 6.07 Å². The molecule has 1 rings (SSSR count). The van der Waals surface area contributed by atoms with E-state index in [1.54, 1.807) is 37.5 Å². The number of rotatable bonds is 4. The van der Waals surface area contributed by atoms with Gasteiger partial charge in [-0.15, -0.1) is 0 Å². The first-order chi connectivity index (χ1) is 8.01. The van der Waals surface area contributed by atoms with Crippen molar-refractivity contribution in [1.82, 2.24) is 9.78 Å². The summed E-state index contributed by atoms with van der Waals surface area (Å²) in [5.41, 5.74) is 1.14. The Morgan fingerprint density at radius 1 is 1.65 bits per heavy atom. The molecule has 17 heavy (non-hydrogen) atoms. The lowest BCUT2D eigenvalue weighted by Gasteiger charge is -2.18. The summed E-state index contributed by atoms with van der Waals surface area (Å²) in [6.45, 7) is 3.97. The van der Waals surface area contributed by atoms with Crippen LogP contribution in [0.25, 0.3) is 0 Å². The van der Waals surface area contributed by atoms with Gasteiger partial charge in [0.2, 0.25) is 0 Å². The molecule has 0 atom stereocenters. The minimum atomic E-state index is -0.322. The molecular formula is C11H16N4O2. The molecule has 0 unspecified atom stereocenters. The van der Waals surface area contributed by atoms with Gasteiger partial charge in [-0.25, -0.2) is 0 Å². The van der Waals surface area contributed by atoms with Gasteiger partial charge in [0.15, 0.2) is 0 Å². The number of nitrogens with zero attached hydrogens (tertiary/aromatic N) is 4.